The fourth-order valence-electron chi connectivity index (χ4n) is 7.25. The number of anilines is 2. The van der Waals surface area contributed by atoms with Crippen molar-refractivity contribution >= 4 is 56.2 Å². The zero-order chi connectivity index (χ0) is 43.9. The zero-order valence-electron chi connectivity index (χ0n) is 33.5. The molecule has 0 saturated carbocycles. The average Bonchev–Trinajstić information content (AvgIpc) is 4.01. The number of amides is 2. The summed E-state index contributed by atoms with van der Waals surface area (Å²) in [7, 11) is -9.64. The molecule has 10 unspecified atom stereocenters. The highest BCUT2D eigenvalue weighted by Crippen LogP contribution is 2.58. The van der Waals surface area contributed by atoms with Gasteiger partial charge < -0.3 is 14.4 Å². The number of rotatable bonds is 9. The molecule has 3 fully saturated rings. The molecule has 5 aromatic rings. The second-order valence-electron chi connectivity index (χ2n) is 15.0. The summed E-state index contributed by atoms with van der Waals surface area (Å²) >= 11 is 0. The van der Waals surface area contributed by atoms with Crippen LogP contribution in [-0.4, -0.2) is 100 Å². The van der Waals surface area contributed by atoms with E-state index in [2.05, 4.69) is 40.7 Å². The van der Waals surface area contributed by atoms with E-state index in [4.69, 9.17) is 32.1 Å². The largest absolute Gasteiger partial charge is 0.475 e. The maximum atomic E-state index is 14.7. The van der Waals surface area contributed by atoms with E-state index in [1.165, 1.54) is 27.9 Å². The lowest BCUT2D eigenvalue weighted by Crippen LogP contribution is -2.32. The predicted molar refractivity (Wildman–Crippen MR) is 212 cm³/mol. The quantitative estimate of drug-likeness (QED) is 0.121. The predicted octanol–water partition coefficient (Wildman–Crippen LogP) is 3.67. The number of ether oxygens (including phenoxy) is 2. The van der Waals surface area contributed by atoms with Gasteiger partial charge in [-0.25, -0.2) is 24.1 Å². The Balaban J connectivity index is 1.10. The van der Waals surface area contributed by atoms with Crippen molar-refractivity contribution in [1.82, 2.24) is 39.1 Å². The molecule has 3 aliphatic rings. The van der Waals surface area contributed by atoms with Crippen molar-refractivity contribution in [3.8, 4) is 6.07 Å². The molecule has 328 valence electrons. The van der Waals surface area contributed by atoms with Crippen molar-refractivity contribution in [2.24, 2.45) is 17.8 Å². The SMILES string of the molecule is CC(C)C(=O)Nc1nc2c(ncn2C2OC3COP(=O)(O)OC4C(COP(=O)(OCCC#N)OC2C3C)OC(c2cnn3c(NC(=O)c5ccccc5)ncnc23)C4C)c(=O)[nH]1. The van der Waals surface area contributed by atoms with E-state index in [9.17, 15) is 33.7 Å². The summed E-state index contributed by atoms with van der Waals surface area (Å²) in [5.41, 5.74) is 0.139. The molecule has 4 aromatic heterocycles. The van der Waals surface area contributed by atoms with Crippen LogP contribution in [0.3, 0.4) is 0 Å². The van der Waals surface area contributed by atoms with Crippen LogP contribution in [0.25, 0.3) is 16.8 Å². The second kappa shape index (κ2) is 17.5. The Hall–Kier alpha value is -5.31. The minimum atomic E-state index is -4.93. The molecule has 1 aromatic carbocycles. The van der Waals surface area contributed by atoms with Gasteiger partial charge in [0.2, 0.25) is 17.8 Å². The molecule has 0 aliphatic carbocycles. The molecule has 7 heterocycles. The second-order valence-corrected chi connectivity index (χ2v) is 18.0. The molecular weight excluding hydrogens is 856 g/mol. The number of carbonyl (C=O) groups excluding carboxylic acids is 2. The summed E-state index contributed by atoms with van der Waals surface area (Å²) in [6.07, 6.45) is -3.29. The fourth-order valence-corrected chi connectivity index (χ4v) is 9.72. The van der Waals surface area contributed by atoms with Crippen LogP contribution in [0.4, 0.5) is 11.9 Å². The molecule has 26 heteroatoms. The highest BCUT2D eigenvalue weighted by atomic mass is 31.2. The number of H-pyrrole nitrogens is 1. The number of phosphoric acid groups is 2. The van der Waals surface area contributed by atoms with E-state index in [-0.39, 0.29) is 41.7 Å². The first-order chi connectivity index (χ1) is 29.6. The molecule has 0 spiro atoms. The van der Waals surface area contributed by atoms with Crippen LogP contribution in [0, 0.1) is 29.1 Å². The van der Waals surface area contributed by atoms with Crippen molar-refractivity contribution in [1.29, 1.82) is 5.26 Å². The van der Waals surface area contributed by atoms with Gasteiger partial charge in [0.15, 0.2) is 23.0 Å². The molecule has 2 bridgehead atoms. The number of imidazole rings is 1. The van der Waals surface area contributed by atoms with E-state index < -0.39 is 101 Å². The molecule has 24 nitrogen and oxygen atoms in total. The van der Waals surface area contributed by atoms with Gasteiger partial charge in [-0.15, -0.1) is 0 Å². The number of nitrogens with one attached hydrogen (secondary N) is 3. The lowest BCUT2D eigenvalue weighted by Gasteiger charge is -2.28. The van der Waals surface area contributed by atoms with Crippen LogP contribution in [0.5, 0.6) is 0 Å². The van der Waals surface area contributed by atoms with Crippen LogP contribution in [0.2, 0.25) is 0 Å². The van der Waals surface area contributed by atoms with Crippen molar-refractivity contribution in [3.05, 3.63) is 70.7 Å². The number of phosphoric ester groups is 2. The Morgan fingerprint density at radius 1 is 1.02 bits per heavy atom. The Kier molecular flexibility index (Phi) is 12.2. The van der Waals surface area contributed by atoms with Gasteiger partial charge in [-0.1, -0.05) is 45.9 Å². The molecule has 0 radical (unpaired) electrons. The fraction of sp³-hybridized carbons (Fsp3) is 0.472. The van der Waals surface area contributed by atoms with Gasteiger partial charge in [0, 0.05) is 28.9 Å². The molecular formula is C36H41N11O13P2. The maximum Gasteiger partial charge on any atom is 0.475 e. The topological polar surface area (TPSA) is 308 Å². The summed E-state index contributed by atoms with van der Waals surface area (Å²) < 4.78 is 72.8. The molecule has 10 atom stereocenters. The number of carbonyl (C=O) groups is 2. The van der Waals surface area contributed by atoms with Crippen LogP contribution in [-0.2, 0) is 46.0 Å². The third kappa shape index (κ3) is 8.69. The van der Waals surface area contributed by atoms with Crippen LogP contribution >= 0.6 is 15.6 Å². The normalized spacial score (nSPS) is 30.3. The third-order valence-electron chi connectivity index (χ3n) is 10.5. The first-order valence-electron chi connectivity index (χ1n) is 19.4. The average molecular weight is 898 g/mol. The number of nitrogens with zero attached hydrogens (tertiary/aromatic N) is 8. The highest BCUT2D eigenvalue weighted by Gasteiger charge is 2.53. The van der Waals surface area contributed by atoms with Gasteiger partial charge in [-0.05, 0) is 12.1 Å². The van der Waals surface area contributed by atoms with Crippen LogP contribution in [0.15, 0.2) is 54.0 Å². The van der Waals surface area contributed by atoms with E-state index in [0.29, 0.717) is 11.1 Å². The number of nitriles is 1. The zero-order valence-corrected chi connectivity index (χ0v) is 35.3. The summed E-state index contributed by atoms with van der Waals surface area (Å²) in [4.78, 5) is 69.2. The molecule has 62 heavy (non-hydrogen) atoms. The van der Waals surface area contributed by atoms with E-state index >= 15 is 0 Å². The van der Waals surface area contributed by atoms with Gasteiger partial charge in [-0.2, -0.15) is 19.9 Å². The van der Waals surface area contributed by atoms with Gasteiger partial charge in [0.05, 0.1) is 57.0 Å². The molecule has 8 rings (SSSR count). The smallest absolute Gasteiger partial charge is 0.365 e. The summed E-state index contributed by atoms with van der Waals surface area (Å²) in [5, 5.41) is 18.9. The van der Waals surface area contributed by atoms with Crippen LogP contribution in [0.1, 0.15) is 62.4 Å². The van der Waals surface area contributed by atoms with E-state index in [1.807, 2.05) is 6.07 Å². The Morgan fingerprint density at radius 3 is 2.55 bits per heavy atom. The van der Waals surface area contributed by atoms with Crippen LogP contribution < -0.4 is 16.2 Å². The first kappa shape index (κ1) is 43.3. The Labute approximate surface area is 351 Å². The van der Waals surface area contributed by atoms with Crippen molar-refractivity contribution < 1.29 is 55.7 Å². The molecule has 2 amide bonds. The lowest BCUT2D eigenvalue weighted by molar-refractivity contribution is -0.118. The minimum Gasteiger partial charge on any atom is -0.365 e. The Morgan fingerprint density at radius 2 is 1.79 bits per heavy atom. The lowest BCUT2D eigenvalue weighted by atomic mass is 9.95. The minimum absolute atomic E-state index is 0.0514. The monoisotopic (exact) mass is 897 g/mol. The number of aromatic nitrogens is 8. The van der Waals surface area contributed by atoms with Gasteiger partial charge >= 0.3 is 15.6 Å². The summed E-state index contributed by atoms with van der Waals surface area (Å²) in [6.45, 7) is 5.12. The maximum absolute atomic E-state index is 14.7. The van der Waals surface area contributed by atoms with Crippen molar-refractivity contribution in [2.45, 2.75) is 70.9 Å². The standard InChI is InChI=1S/C36H41N11O13P2/c1-18(2)31(48)43-35-42-30-25(33(50)44-35)40-17-46(30)34-28-19(3)23(58-34)14-55-61(51,52)59-27-20(4)26(57-24(27)15-56-62(53,60-28)54-12-8-11-37)22-13-41-47-29(22)38-16-39-36(47)45-32(49)21-9-6-5-7-10-21/h5-7,9-10,13,16-20,23-24,26-28,34H,8,12,14-15H2,1-4H3,(H,51,52)(H,38,39,45,49)(H2,42,43,44,48,50). The third-order valence-corrected chi connectivity index (χ3v) is 13.0. The Bertz CT molecular complexity index is 2690. The first-order valence-corrected chi connectivity index (χ1v) is 22.3. The summed E-state index contributed by atoms with van der Waals surface area (Å²) in [5.74, 6) is -2.95. The number of hydrogen-bond donors (Lipinski definition) is 4. The van der Waals surface area contributed by atoms with E-state index in [1.54, 1.807) is 58.0 Å². The number of hydrogen-bond acceptors (Lipinski definition) is 18. The van der Waals surface area contributed by atoms with Crippen molar-refractivity contribution in [2.75, 3.05) is 30.5 Å². The summed E-state index contributed by atoms with van der Waals surface area (Å²) in [6, 6.07) is 10.4. The van der Waals surface area contributed by atoms with Gasteiger partial charge in [0.25, 0.3) is 11.5 Å². The molecule has 3 saturated heterocycles. The number of benzene rings is 1. The number of aromatic amines is 1. The van der Waals surface area contributed by atoms with Gasteiger partial charge in [0.1, 0.15) is 24.6 Å². The number of fused-ring (bicyclic) bond motifs is 5. The highest BCUT2D eigenvalue weighted by molar-refractivity contribution is 7.48. The molecule has 3 aliphatic heterocycles. The van der Waals surface area contributed by atoms with Gasteiger partial charge in [-0.3, -0.25) is 57.2 Å². The van der Waals surface area contributed by atoms with Crippen molar-refractivity contribution in [3.63, 3.8) is 0 Å². The van der Waals surface area contributed by atoms with E-state index in [0.717, 1.165) is 0 Å². The molecule has 4 N–H and O–H groups in total.